The summed E-state index contributed by atoms with van der Waals surface area (Å²) >= 11 is 3.49. The molecule has 0 N–H and O–H groups in total. The standard InChI is InChI=1S/C11H19BrO2/c1-13-11(6-2-3-7-11)10-5-4-9(8-12)14-10/h9-10H,2-8H2,1H3. The molecule has 3 heteroatoms. The van der Waals surface area contributed by atoms with Gasteiger partial charge < -0.3 is 9.47 Å². The number of rotatable bonds is 3. The van der Waals surface area contributed by atoms with Gasteiger partial charge in [0, 0.05) is 12.4 Å². The zero-order valence-corrected chi connectivity index (χ0v) is 10.4. The van der Waals surface area contributed by atoms with E-state index in [0.29, 0.717) is 12.2 Å². The normalized spacial score (nSPS) is 36.4. The maximum Gasteiger partial charge on any atom is 0.0939 e. The molecule has 2 fully saturated rings. The Morgan fingerprint density at radius 1 is 1.36 bits per heavy atom. The average Bonchev–Trinajstić information content (AvgIpc) is 2.87. The molecule has 2 unspecified atom stereocenters. The first-order valence-electron chi connectivity index (χ1n) is 5.57. The summed E-state index contributed by atoms with van der Waals surface area (Å²) in [6.07, 6.45) is 8.07. The van der Waals surface area contributed by atoms with Crippen LogP contribution in [-0.2, 0) is 9.47 Å². The van der Waals surface area contributed by atoms with Gasteiger partial charge >= 0.3 is 0 Å². The largest absolute Gasteiger partial charge is 0.376 e. The molecule has 0 aromatic heterocycles. The third kappa shape index (κ3) is 1.86. The van der Waals surface area contributed by atoms with Crippen molar-refractivity contribution in [1.29, 1.82) is 0 Å². The Morgan fingerprint density at radius 2 is 2.07 bits per heavy atom. The van der Waals surface area contributed by atoms with Gasteiger partial charge in [0.05, 0.1) is 17.8 Å². The summed E-state index contributed by atoms with van der Waals surface area (Å²) in [4.78, 5) is 0. The minimum absolute atomic E-state index is 0.0525. The lowest BCUT2D eigenvalue weighted by atomic mass is 9.92. The Hall–Kier alpha value is 0.400. The van der Waals surface area contributed by atoms with Crippen molar-refractivity contribution in [2.75, 3.05) is 12.4 Å². The van der Waals surface area contributed by atoms with Crippen LogP contribution in [0.2, 0.25) is 0 Å². The van der Waals surface area contributed by atoms with Crippen LogP contribution in [-0.4, -0.2) is 30.2 Å². The van der Waals surface area contributed by atoms with Crippen molar-refractivity contribution in [3.05, 3.63) is 0 Å². The summed E-state index contributed by atoms with van der Waals surface area (Å²) in [5, 5.41) is 0.962. The molecule has 0 bridgehead atoms. The van der Waals surface area contributed by atoms with E-state index in [1.54, 1.807) is 0 Å². The number of halogens is 1. The van der Waals surface area contributed by atoms with Gasteiger partial charge in [-0.25, -0.2) is 0 Å². The second kappa shape index (κ2) is 4.50. The number of hydrogen-bond donors (Lipinski definition) is 0. The van der Waals surface area contributed by atoms with Crippen LogP contribution in [0.4, 0.5) is 0 Å². The second-order valence-electron chi connectivity index (χ2n) is 4.45. The van der Waals surface area contributed by atoms with Crippen molar-refractivity contribution in [2.24, 2.45) is 0 Å². The Bertz CT molecular complexity index is 190. The van der Waals surface area contributed by atoms with Crippen LogP contribution in [0.5, 0.6) is 0 Å². The van der Waals surface area contributed by atoms with E-state index in [1.807, 2.05) is 7.11 Å². The first-order chi connectivity index (χ1) is 6.80. The zero-order valence-electron chi connectivity index (χ0n) is 8.80. The Morgan fingerprint density at radius 3 is 2.57 bits per heavy atom. The minimum atomic E-state index is 0.0525. The van der Waals surface area contributed by atoms with Gasteiger partial charge in [0.15, 0.2) is 0 Å². The Balaban J connectivity index is 1.99. The molecule has 2 aliphatic rings. The molecule has 2 rings (SSSR count). The molecule has 1 aliphatic carbocycles. The van der Waals surface area contributed by atoms with Crippen molar-refractivity contribution < 1.29 is 9.47 Å². The lowest BCUT2D eigenvalue weighted by Crippen LogP contribution is -2.41. The molecule has 1 saturated carbocycles. The molecular weight excluding hydrogens is 244 g/mol. The highest BCUT2D eigenvalue weighted by Crippen LogP contribution is 2.41. The van der Waals surface area contributed by atoms with Gasteiger partial charge in [0.1, 0.15) is 0 Å². The lowest BCUT2D eigenvalue weighted by molar-refractivity contribution is -0.117. The monoisotopic (exact) mass is 262 g/mol. The van der Waals surface area contributed by atoms with Gasteiger partial charge in [-0.1, -0.05) is 28.8 Å². The number of hydrogen-bond acceptors (Lipinski definition) is 2. The number of ether oxygens (including phenoxy) is 2. The van der Waals surface area contributed by atoms with E-state index in [0.717, 1.165) is 5.33 Å². The van der Waals surface area contributed by atoms with Gasteiger partial charge in [-0.3, -0.25) is 0 Å². The SMILES string of the molecule is COC1(C2CCC(CBr)O2)CCCC1. The van der Waals surface area contributed by atoms with Crippen LogP contribution in [0.15, 0.2) is 0 Å². The van der Waals surface area contributed by atoms with E-state index in [9.17, 15) is 0 Å². The molecule has 0 aromatic carbocycles. The molecule has 14 heavy (non-hydrogen) atoms. The predicted molar refractivity (Wildman–Crippen MR) is 59.9 cm³/mol. The predicted octanol–water partition coefficient (Wildman–Crippen LogP) is 2.89. The summed E-state index contributed by atoms with van der Waals surface area (Å²) in [5.74, 6) is 0. The quantitative estimate of drug-likeness (QED) is 0.729. The van der Waals surface area contributed by atoms with Crippen LogP contribution in [0.1, 0.15) is 38.5 Å². The molecule has 1 saturated heterocycles. The summed E-state index contributed by atoms with van der Waals surface area (Å²) in [7, 11) is 1.84. The molecule has 0 radical (unpaired) electrons. The van der Waals surface area contributed by atoms with Gasteiger partial charge in [0.25, 0.3) is 0 Å². The van der Waals surface area contributed by atoms with Crippen LogP contribution in [0.25, 0.3) is 0 Å². The van der Waals surface area contributed by atoms with Crippen molar-refractivity contribution >= 4 is 15.9 Å². The first-order valence-corrected chi connectivity index (χ1v) is 6.69. The third-order valence-corrected chi connectivity index (χ3v) is 4.45. The number of methoxy groups -OCH3 is 1. The highest BCUT2D eigenvalue weighted by molar-refractivity contribution is 9.09. The molecule has 0 aromatic rings. The molecule has 0 spiro atoms. The van der Waals surface area contributed by atoms with E-state index >= 15 is 0 Å². The maximum atomic E-state index is 6.02. The van der Waals surface area contributed by atoms with Crippen LogP contribution < -0.4 is 0 Å². The zero-order chi connectivity index (χ0) is 10.0. The van der Waals surface area contributed by atoms with E-state index in [1.165, 1.54) is 38.5 Å². The fraction of sp³-hybridized carbons (Fsp3) is 1.00. The molecule has 0 amide bonds. The molecule has 2 nitrogen and oxygen atoms in total. The van der Waals surface area contributed by atoms with E-state index < -0.39 is 0 Å². The van der Waals surface area contributed by atoms with E-state index in [4.69, 9.17) is 9.47 Å². The Labute approximate surface area is 94.5 Å². The average molecular weight is 263 g/mol. The van der Waals surface area contributed by atoms with Crippen LogP contribution >= 0.6 is 15.9 Å². The van der Waals surface area contributed by atoms with E-state index in [2.05, 4.69) is 15.9 Å². The van der Waals surface area contributed by atoms with Crippen LogP contribution in [0.3, 0.4) is 0 Å². The first kappa shape index (κ1) is 10.9. The fourth-order valence-corrected chi connectivity index (χ4v) is 3.31. The summed E-state index contributed by atoms with van der Waals surface area (Å²) in [6, 6.07) is 0. The van der Waals surface area contributed by atoms with Crippen molar-refractivity contribution in [3.63, 3.8) is 0 Å². The highest BCUT2D eigenvalue weighted by atomic mass is 79.9. The van der Waals surface area contributed by atoms with Gasteiger partial charge in [0.2, 0.25) is 0 Å². The van der Waals surface area contributed by atoms with E-state index in [-0.39, 0.29) is 5.60 Å². The molecular formula is C11H19BrO2. The summed E-state index contributed by atoms with van der Waals surface area (Å²) in [6.45, 7) is 0. The van der Waals surface area contributed by atoms with Crippen molar-refractivity contribution in [1.82, 2.24) is 0 Å². The second-order valence-corrected chi connectivity index (χ2v) is 5.10. The van der Waals surface area contributed by atoms with Gasteiger partial charge in [-0.15, -0.1) is 0 Å². The number of alkyl halides is 1. The molecule has 82 valence electrons. The Kier molecular flexibility index (Phi) is 3.50. The topological polar surface area (TPSA) is 18.5 Å². The van der Waals surface area contributed by atoms with Crippen molar-refractivity contribution in [3.8, 4) is 0 Å². The lowest BCUT2D eigenvalue weighted by Gasteiger charge is -2.33. The smallest absolute Gasteiger partial charge is 0.0939 e. The van der Waals surface area contributed by atoms with Gasteiger partial charge in [-0.2, -0.15) is 0 Å². The highest BCUT2D eigenvalue weighted by Gasteiger charge is 2.45. The minimum Gasteiger partial charge on any atom is -0.376 e. The molecule has 1 heterocycles. The maximum absolute atomic E-state index is 6.02. The van der Waals surface area contributed by atoms with Gasteiger partial charge in [-0.05, 0) is 25.7 Å². The molecule has 1 aliphatic heterocycles. The van der Waals surface area contributed by atoms with Crippen molar-refractivity contribution in [2.45, 2.75) is 56.3 Å². The third-order valence-electron chi connectivity index (χ3n) is 3.72. The summed E-state index contributed by atoms with van der Waals surface area (Å²) < 4.78 is 11.8. The molecule has 2 atom stereocenters. The fourth-order valence-electron chi connectivity index (χ4n) is 2.84. The summed E-state index contributed by atoms with van der Waals surface area (Å²) in [5.41, 5.74) is 0.0525. The van der Waals surface area contributed by atoms with Crippen LogP contribution in [0, 0.1) is 0 Å².